The summed E-state index contributed by atoms with van der Waals surface area (Å²) < 4.78 is 5.86. The molecule has 0 aliphatic heterocycles. The number of carbonyl (C=O) groups excluding carboxylic acids is 1. The van der Waals surface area contributed by atoms with Crippen molar-refractivity contribution in [3.05, 3.63) is 114 Å². The molecule has 0 saturated carbocycles. The van der Waals surface area contributed by atoms with Gasteiger partial charge in [0.2, 0.25) is 0 Å². The fourth-order valence-electron chi connectivity index (χ4n) is 3.48. The SMILES string of the molecule is C=C(C)c1ccc(CCCCCCOc2ccc(C=CC(=O)c3ccccc3)cc2)cc1. The molecule has 0 saturated heterocycles. The Morgan fingerprint density at radius 2 is 1.50 bits per heavy atom. The van der Waals surface area contributed by atoms with E-state index < -0.39 is 0 Å². The van der Waals surface area contributed by atoms with E-state index in [1.807, 2.05) is 67.6 Å². The average Bonchev–Trinajstić information content (AvgIpc) is 2.83. The molecule has 0 aliphatic rings. The van der Waals surface area contributed by atoms with Gasteiger partial charge in [0.25, 0.3) is 0 Å². The molecule has 0 heterocycles. The lowest BCUT2D eigenvalue weighted by molar-refractivity contribution is 0.104. The molecule has 0 aromatic heterocycles. The molecule has 0 N–H and O–H groups in total. The van der Waals surface area contributed by atoms with Gasteiger partial charge in [0.15, 0.2) is 5.78 Å². The zero-order chi connectivity index (χ0) is 22.6. The summed E-state index contributed by atoms with van der Waals surface area (Å²) in [6.07, 6.45) is 9.22. The van der Waals surface area contributed by atoms with Crippen molar-refractivity contribution in [1.82, 2.24) is 0 Å². The van der Waals surface area contributed by atoms with Crippen LogP contribution in [0.2, 0.25) is 0 Å². The highest BCUT2D eigenvalue weighted by Gasteiger charge is 2.00. The summed E-state index contributed by atoms with van der Waals surface area (Å²) in [4.78, 5) is 12.1. The van der Waals surface area contributed by atoms with E-state index in [4.69, 9.17) is 4.74 Å². The number of ether oxygens (including phenoxy) is 1. The van der Waals surface area contributed by atoms with Crippen LogP contribution >= 0.6 is 0 Å². The Bertz CT molecular complexity index is 1010. The largest absolute Gasteiger partial charge is 0.494 e. The predicted molar refractivity (Wildman–Crippen MR) is 135 cm³/mol. The van der Waals surface area contributed by atoms with E-state index in [1.165, 1.54) is 30.4 Å². The maximum atomic E-state index is 12.1. The third-order valence-corrected chi connectivity index (χ3v) is 5.44. The number of rotatable bonds is 12. The minimum atomic E-state index is 0.00908. The molecule has 3 aromatic rings. The number of hydrogen-bond acceptors (Lipinski definition) is 2. The van der Waals surface area contributed by atoms with Crippen LogP contribution in [0.25, 0.3) is 11.6 Å². The van der Waals surface area contributed by atoms with Gasteiger partial charge in [-0.1, -0.05) is 97.8 Å². The van der Waals surface area contributed by atoms with Crippen LogP contribution in [-0.2, 0) is 6.42 Å². The zero-order valence-electron chi connectivity index (χ0n) is 18.9. The lowest BCUT2D eigenvalue weighted by Gasteiger charge is -2.07. The van der Waals surface area contributed by atoms with E-state index in [-0.39, 0.29) is 5.78 Å². The molecule has 0 unspecified atom stereocenters. The topological polar surface area (TPSA) is 26.3 Å². The van der Waals surface area contributed by atoms with E-state index in [1.54, 1.807) is 6.08 Å². The van der Waals surface area contributed by atoms with Crippen molar-refractivity contribution < 1.29 is 9.53 Å². The first-order valence-electron chi connectivity index (χ1n) is 11.4. The Kier molecular flexibility index (Phi) is 9.06. The fourth-order valence-corrected chi connectivity index (χ4v) is 3.48. The summed E-state index contributed by atoms with van der Waals surface area (Å²) in [5.41, 5.74) is 5.41. The van der Waals surface area contributed by atoms with Crippen LogP contribution in [0.4, 0.5) is 0 Å². The first-order chi connectivity index (χ1) is 15.6. The number of carbonyl (C=O) groups is 1. The molecule has 0 amide bonds. The van der Waals surface area contributed by atoms with E-state index in [9.17, 15) is 4.79 Å². The average molecular weight is 425 g/mol. The molecule has 164 valence electrons. The third-order valence-electron chi connectivity index (χ3n) is 5.44. The summed E-state index contributed by atoms with van der Waals surface area (Å²) in [7, 11) is 0. The van der Waals surface area contributed by atoms with Gasteiger partial charge >= 0.3 is 0 Å². The Morgan fingerprint density at radius 1 is 0.812 bits per heavy atom. The normalized spacial score (nSPS) is 10.9. The van der Waals surface area contributed by atoms with Crippen molar-refractivity contribution in [2.24, 2.45) is 0 Å². The Labute approximate surface area is 192 Å². The van der Waals surface area contributed by atoms with Gasteiger partial charge in [0.1, 0.15) is 5.75 Å². The van der Waals surface area contributed by atoms with E-state index in [0.29, 0.717) is 5.56 Å². The zero-order valence-corrected chi connectivity index (χ0v) is 18.9. The summed E-state index contributed by atoms with van der Waals surface area (Å²) in [6.45, 7) is 6.75. The number of unbranched alkanes of at least 4 members (excludes halogenated alkanes) is 3. The maximum absolute atomic E-state index is 12.1. The highest BCUT2D eigenvalue weighted by atomic mass is 16.5. The Balaban J connectivity index is 1.30. The molecular weight excluding hydrogens is 392 g/mol. The number of aryl methyl sites for hydroxylation is 1. The molecule has 3 rings (SSSR count). The number of benzene rings is 3. The van der Waals surface area contributed by atoms with E-state index >= 15 is 0 Å². The highest BCUT2D eigenvalue weighted by molar-refractivity contribution is 6.06. The minimum absolute atomic E-state index is 0.00908. The van der Waals surface area contributed by atoms with Gasteiger partial charge in [0.05, 0.1) is 6.61 Å². The Hall–Kier alpha value is -3.39. The lowest BCUT2D eigenvalue weighted by atomic mass is 10.0. The van der Waals surface area contributed by atoms with E-state index in [2.05, 4.69) is 30.8 Å². The molecule has 0 aliphatic carbocycles. The molecule has 0 bridgehead atoms. The van der Waals surface area contributed by atoms with Gasteiger partial charge in [-0.25, -0.2) is 0 Å². The second-order valence-corrected chi connectivity index (χ2v) is 8.12. The number of allylic oxidation sites excluding steroid dienone is 2. The van der Waals surface area contributed by atoms with Gasteiger partial charge in [0, 0.05) is 5.56 Å². The van der Waals surface area contributed by atoms with Gasteiger partial charge in [-0.05, 0) is 61.1 Å². The van der Waals surface area contributed by atoms with Crippen molar-refractivity contribution in [2.45, 2.75) is 39.0 Å². The van der Waals surface area contributed by atoms with Crippen LogP contribution in [0, 0.1) is 0 Å². The summed E-state index contributed by atoms with van der Waals surface area (Å²) in [5, 5.41) is 0. The first-order valence-corrected chi connectivity index (χ1v) is 11.4. The molecular formula is C30H32O2. The van der Waals surface area contributed by atoms with Gasteiger partial charge in [-0.15, -0.1) is 0 Å². The molecule has 2 nitrogen and oxygen atoms in total. The monoisotopic (exact) mass is 424 g/mol. The van der Waals surface area contributed by atoms with Gasteiger partial charge < -0.3 is 4.74 Å². The smallest absolute Gasteiger partial charge is 0.185 e. The summed E-state index contributed by atoms with van der Waals surface area (Å²) >= 11 is 0. The van der Waals surface area contributed by atoms with Crippen LogP contribution < -0.4 is 4.74 Å². The predicted octanol–water partition coefficient (Wildman–Crippen LogP) is 7.80. The van der Waals surface area contributed by atoms with Crippen molar-refractivity contribution in [3.8, 4) is 5.75 Å². The number of ketones is 1. The third kappa shape index (κ3) is 7.70. The van der Waals surface area contributed by atoms with Crippen molar-refractivity contribution in [3.63, 3.8) is 0 Å². The van der Waals surface area contributed by atoms with Crippen molar-refractivity contribution in [2.75, 3.05) is 6.61 Å². The fraction of sp³-hybridized carbons (Fsp3) is 0.233. The van der Waals surface area contributed by atoms with Crippen molar-refractivity contribution in [1.29, 1.82) is 0 Å². The van der Waals surface area contributed by atoms with Gasteiger partial charge in [-0.2, -0.15) is 0 Å². The van der Waals surface area contributed by atoms with Gasteiger partial charge in [-0.3, -0.25) is 4.79 Å². The van der Waals surface area contributed by atoms with E-state index in [0.717, 1.165) is 36.3 Å². The van der Waals surface area contributed by atoms with Crippen molar-refractivity contribution >= 4 is 17.4 Å². The molecule has 0 spiro atoms. The maximum Gasteiger partial charge on any atom is 0.185 e. The number of hydrogen-bond donors (Lipinski definition) is 0. The second-order valence-electron chi connectivity index (χ2n) is 8.12. The lowest BCUT2D eigenvalue weighted by Crippen LogP contribution is -1.97. The molecule has 0 atom stereocenters. The highest BCUT2D eigenvalue weighted by Crippen LogP contribution is 2.16. The minimum Gasteiger partial charge on any atom is -0.494 e. The Morgan fingerprint density at radius 3 is 2.19 bits per heavy atom. The molecule has 3 aromatic carbocycles. The van der Waals surface area contributed by atoms with Crippen LogP contribution in [0.3, 0.4) is 0 Å². The van der Waals surface area contributed by atoms with Crippen LogP contribution in [0.15, 0.2) is 91.5 Å². The standard InChI is InChI=1S/C30H32O2/c1-24(2)27-18-13-25(14-19-27)10-6-3-4-9-23-32-29-20-15-26(16-21-29)17-22-30(31)28-11-7-5-8-12-28/h5,7-8,11-22H,1,3-4,6,9-10,23H2,2H3. The quantitative estimate of drug-likeness (QED) is 0.168. The molecule has 0 fully saturated rings. The first kappa shape index (κ1) is 23.3. The van der Waals surface area contributed by atoms with Crippen LogP contribution in [0.5, 0.6) is 5.75 Å². The summed E-state index contributed by atoms with van der Waals surface area (Å²) in [5.74, 6) is 0.879. The molecule has 2 heteroatoms. The molecule has 0 radical (unpaired) electrons. The second kappa shape index (κ2) is 12.5. The van der Waals surface area contributed by atoms with Crippen LogP contribution in [0.1, 0.15) is 59.7 Å². The molecule has 32 heavy (non-hydrogen) atoms. The van der Waals surface area contributed by atoms with Crippen LogP contribution in [-0.4, -0.2) is 12.4 Å². The summed E-state index contributed by atoms with van der Waals surface area (Å²) in [6, 6.07) is 25.9.